The van der Waals surface area contributed by atoms with Gasteiger partial charge in [0.05, 0.1) is 13.3 Å². The van der Waals surface area contributed by atoms with Gasteiger partial charge in [-0.1, -0.05) is 0 Å². The lowest BCUT2D eigenvalue weighted by atomic mass is 10.4. The maximum absolute atomic E-state index is 5.02. The Balaban J connectivity index is 2.75. The molecule has 2 aromatic rings. The molecule has 0 aromatic carbocycles. The van der Waals surface area contributed by atoms with Gasteiger partial charge in [-0.05, 0) is 6.92 Å². The molecular formula is C8H9N3O. The van der Waals surface area contributed by atoms with E-state index in [0.29, 0.717) is 5.88 Å². The molecule has 0 aliphatic rings. The average molecular weight is 163 g/mol. The minimum absolute atomic E-state index is 0.625. The molecule has 0 atom stereocenters. The normalized spacial score (nSPS) is 10.5. The Morgan fingerprint density at radius 2 is 2.33 bits per heavy atom. The second kappa shape index (κ2) is 2.48. The highest BCUT2D eigenvalue weighted by Crippen LogP contribution is 2.11. The zero-order chi connectivity index (χ0) is 8.55. The van der Waals surface area contributed by atoms with Crippen molar-refractivity contribution in [3.05, 3.63) is 24.3 Å². The van der Waals surface area contributed by atoms with E-state index in [1.54, 1.807) is 19.6 Å². The zero-order valence-corrected chi connectivity index (χ0v) is 6.98. The number of hydrogen-bond donors (Lipinski definition) is 0. The van der Waals surface area contributed by atoms with Crippen LogP contribution in [0.2, 0.25) is 0 Å². The van der Waals surface area contributed by atoms with Gasteiger partial charge < -0.3 is 4.74 Å². The van der Waals surface area contributed by atoms with Crippen LogP contribution in [0.15, 0.2) is 18.6 Å². The molecule has 0 aliphatic carbocycles. The fourth-order valence-electron chi connectivity index (χ4n) is 1.14. The van der Waals surface area contributed by atoms with Crippen molar-refractivity contribution in [1.29, 1.82) is 0 Å². The number of aromatic nitrogens is 3. The number of rotatable bonds is 1. The van der Waals surface area contributed by atoms with Gasteiger partial charge in [-0.2, -0.15) is 4.98 Å². The fourth-order valence-corrected chi connectivity index (χ4v) is 1.14. The monoisotopic (exact) mass is 163 g/mol. The molecule has 0 N–H and O–H groups in total. The molecule has 0 spiro atoms. The molecule has 2 rings (SSSR count). The smallest absolute Gasteiger partial charge is 0.216 e. The number of nitrogens with zero attached hydrogens (tertiary/aromatic N) is 3. The largest absolute Gasteiger partial charge is 0.481 e. The van der Waals surface area contributed by atoms with Gasteiger partial charge in [0.2, 0.25) is 5.88 Å². The molecule has 0 radical (unpaired) electrons. The summed E-state index contributed by atoms with van der Waals surface area (Å²) in [5, 5.41) is 0. The molecule has 12 heavy (non-hydrogen) atoms. The molecule has 0 aliphatic heterocycles. The molecule has 2 aromatic heterocycles. The molecular weight excluding hydrogens is 154 g/mol. The Bertz CT molecular complexity index is 408. The van der Waals surface area contributed by atoms with E-state index in [1.807, 2.05) is 17.4 Å². The number of imidazole rings is 1. The van der Waals surface area contributed by atoms with Gasteiger partial charge in [0.1, 0.15) is 6.33 Å². The van der Waals surface area contributed by atoms with Gasteiger partial charge in [-0.3, -0.25) is 4.40 Å². The van der Waals surface area contributed by atoms with Crippen LogP contribution in [0.25, 0.3) is 5.65 Å². The SMILES string of the molecule is COc1cc(C)n2cncc2n1. The second-order valence-electron chi connectivity index (χ2n) is 2.56. The number of ether oxygens (including phenoxy) is 1. The summed E-state index contributed by atoms with van der Waals surface area (Å²) in [5.74, 6) is 0.625. The van der Waals surface area contributed by atoms with E-state index >= 15 is 0 Å². The van der Waals surface area contributed by atoms with Gasteiger partial charge in [0, 0.05) is 11.8 Å². The van der Waals surface area contributed by atoms with E-state index in [1.165, 1.54) is 0 Å². The van der Waals surface area contributed by atoms with Crippen molar-refractivity contribution in [2.24, 2.45) is 0 Å². The standard InChI is InChI=1S/C8H9N3O/c1-6-3-8(12-2)10-7-4-9-5-11(6)7/h3-5H,1-2H3. The molecule has 0 bridgehead atoms. The zero-order valence-electron chi connectivity index (χ0n) is 6.98. The minimum atomic E-state index is 0.625. The minimum Gasteiger partial charge on any atom is -0.481 e. The van der Waals surface area contributed by atoms with E-state index in [2.05, 4.69) is 9.97 Å². The molecule has 62 valence electrons. The van der Waals surface area contributed by atoms with Crippen LogP contribution < -0.4 is 4.74 Å². The Kier molecular flexibility index (Phi) is 1.46. The molecule has 0 saturated heterocycles. The third-order valence-electron chi connectivity index (χ3n) is 1.77. The summed E-state index contributed by atoms with van der Waals surface area (Å²) in [4.78, 5) is 8.18. The molecule has 4 heteroatoms. The van der Waals surface area contributed by atoms with E-state index in [-0.39, 0.29) is 0 Å². The Labute approximate surface area is 69.8 Å². The van der Waals surface area contributed by atoms with Crippen LogP contribution in [-0.2, 0) is 0 Å². The third kappa shape index (κ3) is 0.922. The van der Waals surface area contributed by atoms with Gasteiger partial charge in [-0.15, -0.1) is 0 Å². The third-order valence-corrected chi connectivity index (χ3v) is 1.77. The first-order valence-electron chi connectivity index (χ1n) is 3.65. The van der Waals surface area contributed by atoms with Gasteiger partial charge in [0.15, 0.2) is 5.65 Å². The number of fused-ring (bicyclic) bond motifs is 1. The highest BCUT2D eigenvalue weighted by Gasteiger charge is 2.00. The molecule has 0 amide bonds. The molecule has 0 unspecified atom stereocenters. The Morgan fingerprint density at radius 3 is 3.08 bits per heavy atom. The first-order chi connectivity index (χ1) is 5.81. The van der Waals surface area contributed by atoms with Crippen molar-refractivity contribution in [2.45, 2.75) is 6.92 Å². The fraction of sp³-hybridized carbons (Fsp3) is 0.250. The Hall–Kier alpha value is -1.58. The topological polar surface area (TPSA) is 39.4 Å². The lowest BCUT2D eigenvalue weighted by molar-refractivity contribution is 0.398. The first-order valence-corrected chi connectivity index (χ1v) is 3.65. The van der Waals surface area contributed by atoms with E-state index in [4.69, 9.17) is 4.74 Å². The van der Waals surface area contributed by atoms with Crippen LogP contribution >= 0.6 is 0 Å². The van der Waals surface area contributed by atoms with E-state index in [0.717, 1.165) is 11.3 Å². The van der Waals surface area contributed by atoms with Gasteiger partial charge >= 0.3 is 0 Å². The Morgan fingerprint density at radius 1 is 1.50 bits per heavy atom. The van der Waals surface area contributed by atoms with Crippen LogP contribution in [0.3, 0.4) is 0 Å². The first kappa shape index (κ1) is 7.09. The maximum atomic E-state index is 5.02. The molecule has 4 nitrogen and oxygen atoms in total. The van der Waals surface area contributed by atoms with Crippen molar-refractivity contribution in [1.82, 2.24) is 14.4 Å². The summed E-state index contributed by atoms with van der Waals surface area (Å²) in [7, 11) is 1.61. The number of methoxy groups -OCH3 is 1. The predicted molar refractivity (Wildman–Crippen MR) is 44.3 cm³/mol. The lowest BCUT2D eigenvalue weighted by Crippen LogP contribution is -1.95. The molecule has 2 heterocycles. The highest BCUT2D eigenvalue weighted by atomic mass is 16.5. The van der Waals surface area contributed by atoms with Crippen LogP contribution in [-0.4, -0.2) is 21.5 Å². The van der Waals surface area contributed by atoms with E-state index in [9.17, 15) is 0 Å². The van der Waals surface area contributed by atoms with Crippen molar-refractivity contribution >= 4 is 5.65 Å². The summed E-state index contributed by atoms with van der Waals surface area (Å²) in [6.07, 6.45) is 3.44. The highest BCUT2D eigenvalue weighted by molar-refractivity contribution is 5.39. The van der Waals surface area contributed by atoms with Crippen molar-refractivity contribution in [3.8, 4) is 5.88 Å². The van der Waals surface area contributed by atoms with Crippen LogP contribution in [0, 0.1) is 6.92 Å². The van der Waals surface area contributed by atoms with Crippen molar-refractivity contribution in [3.63, 3.8) is 0 Å². The summed E-state index contributed by atoms with van der Waals surface area (Å²) in [5.41, 5.74) is 1.88. The summed E-state index contributed by atoms with van der Waals surface area (Å²) >= 11 is 0. The number of hydrogen-bond acceptors (Lipinski definition) is 3. The molecule has 0 fully saturated rings. The average Bonchev–Trinajstić information content (AvgIpc) is 2.52. The summed E-state index contributed by atoms with van der Waals surface area (Å²) in [6, 6.07) is 1.87. The molecule has 0 saturated carbocycles. The summed E-state index contributed by atoms with van der Waals surface area (Å²) in [6.45, 7) is 1.98. The quantitative estimate of drug-likeness (QED) is 0.630. The number of aryl methyl sites for hydroxylation is 1. The van der Waals surface area contributed by atoms with Crippen molar-refractivity contribution < 1.29 is 4.74 Å². The summed E-state index contributed by atoms with van der Waals surface area (Å²) < 4.78 is 6.93. The van der Waals surface area contributed by atoms with E-state index < -0.39 is 0 Å². The lowest BCUT2D eigenvalue weighted by Gasteiger charge is -2.02. The van der Waals surface area contributed by atoms with Crippen molar-refractivity contribution in [2.75, 3.05) is 7.11 Å². The van der Waals surface area contributed by atoms with Gasteiger partial charge in [-0.25, -0.2) is 4.98 Å². The van der Waals surface area contributed by atoms with Crippen LogP contribution in [0.1, 0.15) is 5.69 Å². The predicted octanol–water partition coefficient (Wildman–Crippen LogP) is 1.05. The maximum Gasteiger partial charge on any atom is 0.216 e. The van der Waals surface area contributed by atoms with Crippen LogP contribution in [0.5, 0.6) is 5.88 Å². The van der Waals surface area contributed by atoms with Crippen LogP contribution in [0.4, 0.5) is 0 Å². The second-order valence-corrected chi connectivity index (χ2v) is 2.56. The van der Waals surface area contributed by atoms with Gasteiger partial charge in [0.25, 0.3) is 0 Å².